The maximum atomic E-state index is 5.38. The zero-order chi connectivity index (χ0) is 29.0. The molecule has 4 heteroatoms. The van der Waals surface area contributed by atoms with Gasteiger partial charge in [-0.05, 0) is 53.6 Å². The van der Waals surface area contributed by atoms with Gasteiger partial charge in [-0.3, -0.25) is 4.57 Å². The van der Waals surface area contributed by atoms with Gasteiger partial charge in [-0.2, -0.15) is 0 Å². The van der Waals surface area contributed by atoms with Crippen molar-refractivity contribution in [2.45, 2.75) is 0 Å². The molecule has 0 atom stereocenters. The van der Waals surface area contributed by atoms with Gasteiger partial charge in [0.25, 0.3) is 0 Å². The van der Waals surface area contributed by atoms with E-state index < -0.39 is 0 Å². The van der Waals surface area contributed by atoms with Crippen LogP contribution in [0.2, 0.25) is 0 Å². The first-order valence-electron chi connectivity index (χ1n) is 14.9. The number of fused-ring (bicyclic) bond motifs is 6. The molecule has 3 aromatic heterocycles. The van der Waals surface area contributed by atoms with Crippen molar-refractivity contribution >= 4 is 43.6 Å². The summed E-state index contributed by atoms with van der Waals surface area (Å²) in [6.07, 6.45) is 2.16. The third kappa shape index (κ3) is 3.71. The molecule has 4 nitrogen and oxygen atoms in total. The molecule has 6 aromatic carbocycles. The van der Waals surface area contributed by atoms with E-state index in [1.54, 1.807) is 0 Å². The second-order valence-electron chi connectivity index (χ2n) is 11.1. The lowest BCUT2D eigenvalue weighted by atomic mass is 9.96. The monoisotopic (exact) mass is 562 g/mol. The summed E-state index contributed by atoms with van der Waals surface area (Å²) in [6, 6.07) is 53.1. The molecule has 0 aliphatic heterocycles. The molecule has 9 aromatic rings. The van der Waals surface area contributed by atoms with E-state index in [-0.39, 0.29) is 0 Å². The Morgan fingerprint density at radius 3 is 1.91 bits per heavy atom. The third-order valence-electron chi connectivity index (χ3n) is 8.60. The van der Waals surface area contributed by atoms with Crippen molar-refractivity contribution in [1.29, 1.82) is 0 Å². The Morgan fingerprint density at radius 2 is 1.07 bits per heavy atom. The predicted octanol–water partition coefficient (Wildman–Crippen LogP) is 10.0. The minimum absolute atomic E-state index is 0.662. The third-order valence-corrected chi connectivity index (χ3v) is 8.60. The van der Waals surface area contributed by atoms with Crippen LogP contribution in [0.1, 0.15) is 0 Å². The van der Waals surface area contributed by atoms with Gasteiger partial charge in [-0.15, -0.1) is 0 Å². The van der Waals surface area contributed by atoms with Gasteiger partial charge < -0.3 is 4.57 Å². The van der Waals surface area contributed by atoms with E-state index in [1.165, 1.54) is 21.7 Å². The molecule has 44 heavy (non-hydrogen) atoms. The van der Waals surface area contributed by atoms with Crippen LogP contribution in [0.15, 0.2) is 158 Å². The second kappa shape index (κ2) is 9.79. The average Bonchev–Trinajstić information content (AvgIpc) is 3.68. The van der Waals surface area contributed by atoms with Crippen molar-refractivity contribution in [2.75, 3.05) is 0 Å². The van der Waals surface area contributed by atoms with Gasteiger partial charge in [0.1, 0.15) is 0 Å². The number of rotatable bonds is 4. The van der Waals surface area contributed by atoms with Gasteiger partial charge in [0.15, 0.2) is 0 Å². The highest BCUT2D eigenvalue weighted by molar-refractivity contribution is 6.21. The summed E-state index contributed by atoms with van der Waals surface area (Å²) in [4.78, 5) is 10.6. The number of nitrogens with zero attached hydrogens (tertiary/aromatic N) is 4. The molecule has 0 aliphatic rings. The van der Waals surface area contributed by atoms with Gasteiger partial charge in [-0.1, -0.05) is 109 Å². The van der Waals surface area contributed by atoms with Crippen LogP contribution in [0, 0.1) is 0 Å². The van der Waals surface area contributed by atoms with Crippen molar-refractivity contribution in [3.8, 4) is 34.0 Å². The van der Waals surface area contributed by atoms with Crippen LogP contribution in [0.25, 0.3) is 77.6 Å². The Morgan fingerprint density at radius 1 is 0.432 bits per heavy atom. The highest BCUT2D eigenvalue weighted by Gasteiger charge is 2.20. The van der Waals surface area contributed by atoms with Crippen LogP contribution in [0.4, 0.5) is 0 Å². The maximum absolute atomic E-state index is 5.38. The first-order valence-corrected chi connectivity index (χ1v) is 14.9. The Kier molecular flexibility index (Phi) is 5.47. The van der Waals surface area contributed by atoms with Crippen molar-refractivity contribution in [1.82, 2.24) is 19.1 Å². The SMILES string of the molecule is c1ccc(-c2ccccc2-c2nc(-n3c4ccccc4c4c5ccn(-c6ccccc6)c5ccc43)nc3ccccc23)cc1. The van der Waals surface area contributed by atoms with E-state index in [9.17, 15) is 0 Å². The van der Waals surface area contributed by atoms with Crippen LogP contribution in [0.5, 0.6) is 0 Å². The number of benzene rings is 6. The van der Waals surface area contributed by atoms with Gasteiger partial charge in [0.2, 0.25) is 5.95 Å². The topological polar surface area (TPSA) is 35.6 Å². The molecule has 3 heterocycles. The minimum atomic E-state index is 0.662. The van der Waals surface area contributed by atoms with Gasteiger partial charge in [-0.25, -0.2) is 9.97 Å². The Labute approximate surface area is 254 Å². The van der Waals surface area contributed by atoms with Gasteiger partial charge >= 0.3 is 0 Å². The number of hydrogen-bond donors (Lipinski definition) is 0. The minimum Gasteiger partial charge on any atom is -0.317 e. The largest absolute Gasteiger partial charge is 0.317 e. The standard InChI is InChI=1S/C40H26N4/c1-3-13-27(14-4-1)29-17-7-8-18-30(29)39-31-19-9-11-21-34(31)41-40(42-39)44-36-22-12-10-20-32(36)38-33-25-26-43(28-15-5-2-6-16-28)35(33)23-24-37(38)44/h1-26H. The molecule has 0 fully saturated rings. The van der Waals surface area contributed by atoms with Gasteiger partial charge in [0, 0.05) is 39.0 Å². The number of aromatic nitrogens is 4. The molecule has 0 N–H and O–H groups in total. The predicted molar refractivity (Wildman–Crippen MR) is 182 cm³/mol. The molecular formula is C40H26N4. The molecule has 9 rings (SSSR count). The summed E-state index contributed by atoms with van der Waals surface area (Å²) in [5.74, 6) is 0.662. The molecule has 0 saturated carbocycles. The van der Waals surface area contributed by atoms with Crippen LogP contribution in [-0.4, -0.2) is 19.1 Å². The molecule has 0 radical (unpaired) electrons. The van der Waals surface area contributed by atoms with E-state index >= 15 is 0 Å². The Bertz CT molecular complexity index is 2490. The molecule has 0 unspecified atom stereocenters. The van der Waals surface area contributed by atoms with E-state index in [0.29, 0.717) is 5.95 Å². The molecule has 0 aliphatic carbocycles. The van der Waals surface area contributed by atoms with Crippen LogP contribution < -0.4 is 0 Å². The fraction of sp³-hybridized carbons (Fsp3) is 0. The van der Waals surface area contributed by atoms with E-state index in [0.717, 1.165) is 50.0 Å². The molecule has 0 bridgehead atoms. The summed E-state index contributed by atoms with van der Waals surface area (Å²) in [5, 5.41) is 4.62. The summed E-state index contributed by atoms with van der Waals surface area (Å²) < 4.78 is 4.48. The second-order valence-corrected chi connectivity index (χ2v) is 11.1. The van der Waals surface area contributed by atoms with Crippen molar-refractivity contribution in [3.63, 3.8) is 0 Å². The number of para-hydroxylation sites is 3. The van der Waals surface area contributed by atoms with Crippen molar-refractivity contribution in [3.05, 3.63) is 158 Å². The first kappa shape index (κ1) is 24.6. The lowest BCUT2D eigenvalue weighted by molar-refractivity contribution is 1.01. The molecule has 0 saturated heterocycles. The van der Waals surface area contributed by atoms with Crippen LogP contribution in [-0.2, 0) is 0 Å². The average molecular weight is 563 g/mol. The zero-order valence-corrected chi connectivity index (χ0v) is 23.8. The van der Waals surface area contributed by atoms with Gasteiger partial charge in [0.05, 0.1) is 27.8 Å². The summed E-state index contributed by atoms with van der Waals surface area (Å²) in [7, 11) is 0. The molecule has 206 valence electrons. The van der Waals surface area contributed by atoms with E-state index in [2.05, 4.69) is 161 Å². The molecule has 0 spiro atoms. The van der Waals surface area contributed by atoms with Crippen LogP contribution >= 0.6 is 0 Å². The normalized spacial score (nSPS) is 11.6. The number of hydrogen-bond acceptors (Lipinski definition) is 2. The summed E-state index contributed by atoms with van der Waals surface area (Å²) in [5.41, 5.74) is 9.71. The lowest BCUT2D eigenvalue weighted by Crippen LogP contribution is -2.04. The van der Waals surface area contributed by atoms with E-state index in [4.69, 9.17) is 9.97 Å². The Balaban J connectivity index is 1.35. The maximum Gasteiger partial charge on any atom is 0.235 e. The molecular weight excluding hydrogens is 536 g/mol. The molecule has 0 amide bonds. The fourth-order valence-corrected chi connectivity index (χ4v) is 6.64. The van der Waals surface area contributed by atoms with Crippen molar-refractivity contribution in [2.24, 2.45) is 0 Å². The zero-order valence-electron chi connectivity index (χ0n) is 23.8. The summed E-state index contributed by atoms with van der Waals surface area (Å²) >= 11 is 0. The highest BCUT2D eigenvalue weighted by atomic mass is 15.2. The Hall–Kier alpha value is -6.00. The van der Waals surface area contributed by atoms with E-state index in [1.807, 2.05) is 6.07 Å². The highest BCUT2D eigenvalue weighted by Crippen LogP contribution is 2.39. The fourth-order valence-electron chi connectivity index (χ4n) is 6.64. The first-order chi connectivity index (χ1) is 21.8. The lowest BCUT2D eigenvalue weighted by Gasteiger charge is -2.14. The smallest absolute Gasteiger partial charge is 0.235 e. The van der Waals surface area contributed by atoms with Crippen LogP contribution in [0.3, 0.4) is 0 Å². The van der Waals surface area contributed by atoms with Crippen molar-refractivity contribution < 1.29 is 0 Å². The summed E-state index contributed by atoms with van der Waals surface area (Å²) in [6.45, 7) is 0. The quantitative estimate of drug-likeness (QED) is 0.214.